The van der Waals surface area contributed by atoms with Crippen LogP contribution in [0.3, 0.4) is 0 Å². The minimum absolute atomic E-state index is 0.0336. The molecule has 0 saturated heterocycles. The Labute approximate surface area is 128 Å². The molecule has 0 aliphatic carbocycles. The number of sulfonamides is 1. The van der Waals surface area contributed by atoms with Gasteiger partial charge in [0.05, 0.1) is 4.90 Å². The Bertz CT molecular complexity index is 700. The highest BCUT2D eigenvalue weighted by Crippen LogP contribution is 2.19. The summed E-state index contributed by atoms with van der Waals surface area (Å²) in [6.45, 7) is 0.340. The molecule has 0 bridgehead atoms. The molecule has 21 heavy (non-hydrogen) atoms. The van der Waals surface area contributed by atoms with Crippen LogP contribution in [0.15, 0.2) is 40.6 Å². The molecular formula is C14H17FN2O2S2. The lowest BCUT2D eigenvalue weighted by atomic mass is 10.2. The van der Waals surface area contributed by atoms with E-state index in [4.69, 9.17) is 5.73 Å². The first kappa shape index (κ1) is 16.1. The van der Waals surface area contributed by atoms with Gasteiger partial charge < -0.3 is 5.73 Å². The summed E-state index contributed by atoms with van der Waals surface area (Å²) in [4.78, 5) is 1.19. The van der Waals surface area contributed by atoms with Crippen molar-refractivity contribution in [1.82, 2.24) is 4.31 Å². The van der Waals surface area contributed by atoms with Gasteiger partial charge in [-0.05, 0) is 36.1 Å². The highest BCUT2D eigenvalue weighted by molar-refractivity contribution is 7.89. The van der Waals surface area contributed by atoms with Crippen molar-refractivity contribution < 1.29 is 12.8 Å². The zero-order valence-corrected chi connectivity index (χ0v) is 13.3. The van der Waals surface area contributed by atoms with Crippen molar-refractivity contribution in [2.75, 3.05) is 13.6 Å². The van der Waals surface area contributed by atoms with Crippen LogP contribution < -0.4 is 5.73 Å². The molecule has 2 N–H and O–H groups in total. The lowest BCUT2D eigenvalue weighted by molar-refractivity contribution is 0.473. The summed E-state index contributed by atoms with van der Waals surface area (Å²) in [5, 5.41) is 1.96. The van der Waals surface area contributed by atoms with Gasteiger partial charge >= 0.3 is 0 Å². The number of nitrogens with zero attached hydrogens (tertiary/aromatic N) is 1. The smallest absolute Gasteiger partial charge is 0.242 e. The lowest BCUT2D eigenvalue weighted by Gasteiger charge is -2.17. The zero-order valence-electron chi connectivity index (χ0n) is 11.6. The summed E-state index contributed by atoms with van der Waals surface area (Å²) in [5.41, 5.74) is 5.61. The van der Waals surface area contributed by atoms with Crippen molar-refractivity contribution in [3.63, 3.8) is 0 Å². The second-order valence-corrected chi connectivity index (χ2v) is 7.69. The summed E-state index contributed by atoms with van der Waals surface area (Å²) in [5.74, 6) is -0.488. The van der Waals surface area contributed by atoms with Gasteiger partial charge in [-0.2, -0.15) is 0 Å². The topological polar surface area (TPSA) is 63.4 Å². The standard InChI is InChI=1S/C14H17FN2O2S2/c1-17(7-6-12-3-2-8-20-12)21(18,19)13-4-5-14(15)11(9-13)10-16/h2-5,8-9H,6-7,10,16H2,1H3. The summed E-state index contributed by atoms with van der Waals surface area (Å²) >= 11 is 1.59. The predicted octanol–water partition coefficient (Wildman–Crippen LogP) is 2.21. The van der Waals surface area contributed by atoms with Gasteiger partial charge in [-0.1, -0.05) is 6.07 Å². The Balaban J connectivity index is 2.16. The number of hydrogen-bond acceptors (Lipinski definition) is 4. The third kappa shape index (κ3) is 3.68. The lowest BCUT2D eigenvalue weighted by Crippen LogP contribution is -2.29. The maximum Gasteiger partial charge on any atom is 0.242 e. The second kappa shape index (κ2) is 6.65. The Hall–Kier alpha value is -1.28. The van der Waals surface area contributed by atoms with Crippen LogP contribution in [-0.4, -0.2) is 26.3 Å². The molecule has 0 aliphatic rings. The van der Waals surface area contributed by atoms with E-state index in [9.17, 15) is 12.8 Å². The van der Waals surface area contributed by atoms with Crippen molar-refractivity contribution >= 4 is 21.4 Å². The van der Waals surface area contributed by atoms with E-state index in [0.717, 1.165) is 10.9 Å². The third-order valence-corrected chi connectivity index (χ3v) is 5.99. The van der Waals surface area contributed by atoms with Crippen LogP contribution in [0, 0.1) is 5.82 Å². The SMILES string of the molecule is CN(CCc1cccs1)S(=O)(=O)c1ccc(F)c(CN)c1. The molecule has 1 heterocycles. The highest BCUT2D eigenvalue weighted by Gasteiger charge is 2.21. The Morgan fingerprint density at radius 3 is 2.71 bits per heavy atom. The van der Waals surface area contributed by atoms with E-state index in [1.54, 1.807) is 11.3 Å². The fourth-order valence-electron chi connectivity index (χ4n) is 1.89. The fraction of sp³-hybridized carbons (Fsp3) is 0.286. The first-order chi connectivity index (χ1) is 9.95. The molecule has 0 aliphatic heterocycles. The number of rotatable bonds is 6. The Kier molecular flexibility index (Phi) is 5.10. The van der Waals surface area contributed by atoms with Crippen LogP contribution in [0.5, 0.6) is 0 Å². The molecule has 0 atom stereocenters. The minimum atomic E-state index is -3.63. The fourth-order valence-corrected chi connectivity index (χ4v) is 3.81. The van der Waals surface area contributed by atoms with Gasteiger partial charge in [0.15, 0.2) is 0 Å². The van der Waals surface area contributed by atoms with E-state index >= 15 is 0 Å². The molecule has 4 nitrogen and oxygen atoms in total. The predicted molar refractivity (Wildman–Crippen MR) is 82.1 cm³/mol. The van der Waals surface area contributed by atoms with Crippen LogP contribution in [0.4, 0.5) is 4.39 Å². The zero-order chi connectivity index (χ0) is 15.5. The number of nitrogens with two attached hydrogens (primary N) is 1. The number of likely N-dealkylation sites (N-methyl/N-ethyl adjacent to an activating group) is 1. The van der Waals surface area contributed by atoms with Gasteiger partial charge in [-0.15, -0.1) is 11.3 Å². The van der Waals surface area contributed by atoms with Crippen LogP contribution in [-0.2, 0) is 23.0 Å². The van der Waals surface area contributed by atoms with Gasteiger partial charge in [0.25, 0.3) is 0 Å². The van der Waals surface area contributed by atoms with E-state index in [2.05, 4.69) is 0 Å². The molecule has 0 amide bonds. The van der Waals surface area contributed by atoms with Crippen LogP contribution in [0.1, 0.15) is 10.4 Å². The number of benzene rings is 1. The molecule has 1 aromatic heterocycles. The maximum atomic E-state index is 13.4. The van der Waals surface area contributed by atoms with Crippen molar-refractivity contribution in [1.29, 1.82) is 0 Å². The van der Waals surface area contributed by atoms with E-state index in [1.165, 1.54) is 23.5 Å². The van der Waals surface area contributed by atoms with Crippen molar-refractivity contribution in [3.05, 3.63) is 52.0 Å². The Morgan fingerprint density at radius 2 is 2.10 bits per heavy atom. The monoisotopic (exact) mass is 328 g/mol. The maximum absolute atomic E-state index is 13.4. The molecule has 0 fully saturated rings. The van der Waals surface area contributed by atoms with Crippen LogP contribution in [0.25, 0.3) is 0 Å². The van der Waals surface area contributed by atoms with Gasteiger partial charge in [0.2, 0.25) is 10.0 Å². The molecule has 114 valence electrons. The van der Waals surface area contributed by atoms with Crippen molar-refractivity contribution in [3.8, 4) is 0 Å². The molecule has 7 heteroatoms. The molecule has 2 aromatic rings. The van der Waals surface area contributed by atoms with Crippen molar-refractivity contribution in [2.45, 2.75) is 17.9 Å². The average molecular weight is 328 g/mol. The van der Waals surface area contributed by atoms with E-state index in [0.29, 0.717) is 13.0 Å². The summed E-state index contributed by atoms with van der Waals surface area (Å²) in [6, 6.07) is 7.61. The largest absolute Gasteiger partial charge is 0.326 e. The Morgan fingerprint density at radius 1 is 1.33 bits per heavy atom. The molecule has 2 rings (SSSR count). The third-order valence-electron chi connectivity index (χ3n) is 3.20. The van der Waals surface area contributed by atoms with E-state index in [1.807, 2.05) is 17.5 Å². The van der Waals surface area contributed by atoms with E-state index in [-0.39, 0.29) is 17.0 Å². The minimum Gasteiger partial charge on any atom is -0.326 e. The molecular weight excluding hydrogens is 311 g/mol. The highest BCUT2D eigenvalue weighted by atomic mass is 32.2. The van der Waals surface area contributed by atoms with Crippen LogP contribution >= 0.6 is 11.3 Å². The average Bonchev–Trinajstić information content (AvgIpc) is 2.98. The number of hydrogen-bond donors (Lipinski definition) is 1. The first-order valence-electron chi connectivity index (χ1n) is 6.42. The number of halogens is 1. The van der Waals surface area contributed by atoms with Gasteiger partial charge in [0.1, 0.15) is 5.82 Å². The normalized spacial score (nSPS) is 12.0. The van der Waals surface area contributed by atoms with Crippen LogP contribution in [0.2, 0.25) is 0 Å². The number of thiophene rings is 1. The molecule has 0 spiro atoms. The van der Waals surface area contributed by atoms with Gasteiger partial charge in [0, 0.05) is 30.6 Å². The van der Waals surface area contributed by atoms with Crippen molar-refractivity contribution in [2.24, 2.45) is 5.73 Å². The molecule has 0 saturated carbocycles. The summed E-state index contributed by atoms with van der Waals surface area (Å²) < 4.78 is 39.6. The van der Waals surface area contributed by atoms with Gasteiger partial charge in [-0.3, -0.25) is 0 Å². The van der Waals surface area contributed by atoms with Gasteiger partial charge in [-0.25, -0.2) is 17.1 Å². The molecule has 0 radical (unpaired) electrons. The first-order valence-corrected chi connectivity index (χ1v) is 8.74. The summed E-state index contributed by atoms with van der Waals surface area (Å²) in [7, 11) is -2.10. The quantitative estimate of drug-likeness (QED) is 0.884. The molecule has 1 aromatic carbocycles. The second-order valence-electron chi connectivity index (χ2n) is 4.61. The molecule has 0 unspecified atom stereocenters. The summed E-state index contributed by atoms with van der Waals surface area (Å²) in [6.07, 6.45) is 0.651. The van der Waals surface area contributed by atoms with E-state index < -0.39 is 15.8 Å².